The second kappa shape index (κ2) is 5.60. The van der Waals surface area contributed by atoms with Gasteiger partial charge in [0.2, 0.25) is 0 Å². The van der Waals surface area contributed by atoms with Crippen LogP contribution in [0.4, 0.5) is 0 Å². The first-order chi connectivity index (χ1) is 9.80. The summed E-state index contributed by atoms with van der Waals surface area (Å²) in [5, 5.41) is 8.86. The molecule has 1 N–H and O–H groups in total. The Morgan fingerprint density at radius 1 is 1.43 bits per heavy atom. The molecule has 0 bridgehead atoms. The SMILES string of the molecule is COC(=O)/C(=C\c1ccc2c(c1)CC(C)(C)O2)CC(=O)O. The van der Waals surface area contributed by atoms with Gasteiger partial charge >= 0.3 is 11.9 Å². The van der Waals surface area contributed by atoms with Crippen molar-refractivity contribution in [1.29, 1.82) is 0 Å². The zero-order valence-electron chi connectivity index (χ0n) is 12.3. The molecule has 1 aliphatic heterocycles. The first-order valence-electron chi connectivity index (χ1n) is 6.63. The van der Waals surface area contributed by atoms with Crippen LogP contribution >= 0.6 is 0 Å². The third-order valence-electron chi connectivity index (χ3n) is 3.22. The number of carboxylic acid groups (broad SMARTS) is 1. The molecule has 1 aromatic rings. The van der Waals surface area contributed by atoms with Crippen LogP contribution < -0.4 is 4.74 Å². The Labute approximate surface area is 123 Å². The van der Waals surface area contributed by atoms with Gasteiger partial charge in [-0.05, 0) is 43.2 Å². The van der Waals surface area contributed by atoms with E-state index >= 15 is 0 Å². The number of hydrogen-bond acceptors (Lipinski definition) is 4. The zero-order chi connectivity index (χ0) is 15.6. The molecule has 5 nitrogen and oxygen atoms in total. The fourth-order valence-corrected chi connectivity index (χ4v) is 2.40. The number of aliphatic carboxylic acids is 1. The van der Waals surface area contributed by atoms with Crippen molar-refractivity contribution in [2.75, 3.05) is 7.11 Å². The lowest BCUT2D eigenvalue weighted by Crippen LogP contribution is -2.24. The number of carbonyl (C=O) groups excluding carboxylic acids is 1. The molecule has 0 unspecified atom stereocenters. The summed E-state index contributed by atoms with van der Waals surface area (Å²) in [6, 6.07) is 5.55. The van der Waals surface area contributed by atoms with Crippen LogP contribution in [0.2, 0.25) is 0 Å². The number of benzene rings is 1. The molecule has 5 heteroatoms. The van der Waals surface area contributed by atoms with Crippen LogP contribution in [0.1, 0.15) is 31.4 Å². The molecule has 0 aromatic heterocycles. The van der Waals surface area contributed by atoms with Gasteiger partial charge in [0, 0.05) is 12.0 Å². The van der Waals surface area contributed by atoms with E-state index in [0.29, 0.717) is 0 Å². The average molecular weight is 290 g/mol. The van der Waals surface area contributed by atoms with E-state index in [1.165, 1.54) is 7.11 Å². The minimum absolute atomic E-state index is 0.114. The van der Waals surface area contributed by atoms with E-state index in [2.05, 4.69) is 4.74 Å². The van der Waals surface area contributed by atoms with Crippen LogP contribution in [-0.4, -0.2) is 29.8 Å². The van der Waals surface area contributed by atoms with Gasteiger partial charge in [-0.15, -0.1) is 0 Å². The molecule has 1 heterocycles. The lowest BCUT2D eigenvalue weighted by molar-refractivity contribution is -0.141. The third kappa shape index (κ3) is 3.62. The summed E-state index contributed by atoms with van der Waals surface area (Å²) in [4.78, 5) is 22.4. The lowest BCUT2D eigenvalue weighted by atomic mass is 9.99. The van der Waals surface area contributed by atoms with Crippen LogP contribution in [0.3, 0.4) is 0 Å². The number of methoxy groups -OCH3 is 1. The standard InChI is InChI=1S/C16H18O5/c1-16(2)9-12-7-10(4-5-13(12)21-16)6-11(8-14(17)18)15(19)20-3/h4-7H,8-9H2,1-3H3,(H,17,18)/b11-6-. The summed E-state index contributed by atoms with van der Waals surface area (Å²) < 4.78 is 10.4. The van der Waals surface area contributed by atoms with Crippen molar-refractivity contribution < 1.29 is 24.2 Å². The van der Waals surface area contributed by atoms with E-state index in [1.54, 1.807) is 12.1 Å². The van der Waals surface area contributed by atoms with Crippen LogP contribution in [-0.2, 0) is 20.7 Å². The first-order valence-corrected chi connectivity index (χ1v) is 6.63. The smallest absolute Gasteiger partial charge is 0.334 e. The minimum atomic E-state index is -1.07. The molecule has 1 aromatic carbocycles. The van der Waals surface area contributed by atoms with Crippen molar-refractivity contribution in [3.63, 3.8) is 0 Å². The molecule has 0 atom stereocenters. The summed E-state index contributed by atoms with van der Waals surface area (Å²) in [6.07, 6.45) is 1.95. The Kier molecular flexibility index (Phi) is 4.02. The van der Waals surface area contributed by atoms with Crippen molar-refractivity contribution in [2.24, 2.45) is 0 Å². The predicted octanol–water partition coefficient (Wildman–Crippen LogP) is 2.43. The van der Waals surface area contributed by atoms with Gasteiger partial charge < -0.3 is 14.6 Å². The fourth-order valence-electron chi connectivity index (χ4n) is 2.40. The van der Waals surface area contributed by atoms with Crippen molar-refractivity contribution >= 4 is 18.0 Å². The number of carboxylic acids is 1. The van der Waals surface area contributed by atoms with E-state index in [1.807, 2.05) is 26.0 Å². The highest BCUT2D eigenvalue weighted by Crippen LogP contribution is 2.35. The number of rotatable bonds is 4. The maximum atomic E-state index is 11.6. The molecular formula is C16H18O5. The van der Waals surface area contributed by atoms with Gasteiger partial charge in [0.15, 0.2) is 0 Å². The molecule has 0 radical (unpaired) electrons. The molecule has 0 saturated carbocycles. The Morgan fingerprint density at radius 2 is 2.14 bits per heavy atom. The largest absolute Gasteiger partial charge is 0.487 e. The van der Waals surface area contributed by atoms with Crippen LogP contribution in [0, 0.1) is 0 Å². The van der Waals surface area contributed by atoms with Gasteiger partial charge in [-0.25, -0.2) is 4.79 Å². The van der Waals surface area contributed by atoms with E-state index in [-0.39, 0.29) is 17.6 Å². The van der Waals surface area contributed by atoms with Crippen molar-refractivity contribution in [1.82, 2.24) is 0 Å². The molecule has 0 spiro atoms. The van der Waals surface area contributed by atoms with Gasteiger partial charge in [-0.2, -0.15) is 0 Å². The second-order valence-corrected chi connectivity index (χ2v) is 5.64. The normalized spacial score (nSPS) is 16.0. The zero-order valence-corrected chi connectivity index (χ0v) is 12.3. The van der Waals surface area contributed by atoms with E-state index in [4.69, 9.17) is 9.84 Å². The molecule has 0 fully saturated rings. The minimum Gasteiger partial charge on any atom is -0.487 e. The highest BCUT2D eigenvalue weighted by molar-refractivity contribution is 5.97. The van der Waals surface area contributed by atoms with Crippen molar-refractivity contribution in [3.8, 4) is 5.75 Å². The van der Waals surface area contributed by atoms with Crippen LogP contribution in [0.25, 0.3) is 6.08 Å². The van der Waals surface area contributed by atoms with Gasteiger partial charge in [0.25, 0.3) is 0 Å². The number of carbonyl (C=O) groups is 2. The highest BCUT2D eigenvalue weighted by Gasteiger charge is 2.29. The van der Waals surface area contributed by atoms with Crippen molar-refractivity contribution in [2.45, 2.75) is 32.3 Å². The number of fused-ring (bicyclic) bond motifs is 1. The summed E-state index contributed by atoms with van der Waals surface area (Å²) in [6.45, 7) is 4.01. The van der Waals surface area contributed by atoms with E-state index < -0.39 is 11.9 Å². The van der Waals surface area contributed by atoms with E-state index in [0.717, 1.165) is 23.3 Å². The van der Waals surface area contributed by atoms with Gasteiger partial charge in [0.1, 0.15) is 11.4 Å². The summed E-state index contributed by atoms with van der Waals surface area (Å²) in [5.41, 5.74) is 1.69. The molecule has 2 rings (SSSR count). The van der Waals surface area contributed by atoms with Crippen LogP contribution in [0.15, 0.2) is 23.8 Å². The third-order valence-corrected chi connectivity index (χ3v) is 3.22. The fraction of sp³-hybridized carbons (Fsp3) is 0.375. The Hall–Kier alpha value is -2.30. The van der Waals surface area contributed by atoms with E-state index in [9.17, 15) is 9.59 Å². The van der Waals surface area contributed by atoms with Gasteiger partial charge in [-0.1, -0.05) is 6.07 Å². The summed E-state index contributed by atoms with van der Waals surface area (Å²) in [5.74, 6) is -0.873. The molecule has 1 aliphatic rings. The number of hydrogen-bond donors (Lipinski definition) is 1. The quantitative estimate of drug-likeness (QED) is 0.681. The summed E-state index contributed by atoms with van der Waals surface area (Å²) in [7, 11) is 1.23. The van der Waals surface area contributed by atoms with Crippen molar-refractivity contribution in [3.05, 3.63) is 34.9 Å². The first kappa shape index (κ1) is 15.1. The average Bonchev–Trinajstić information content (AvgIpc) is 2.69. The number of ether oxygens (including phenoxy) is 2. The second-order valence-electron chi connectivity index (χ2n) is 5.64. The van der Waals surface area contributed by atoms with Gasteiger partial charge in [-0.3, -0.25) is 4.79 Å². The van der Waals surface area contributed by atoms with Crippen LogP contribution in [0.5, 0.6) is 5.75 Å². The topological polar surface area (TPSA) is 72.8 Å². The maximum Gasteiger partial charge on any atom is 0.334 e. The molecule has 0 saturated heterocycles. The van der Waals surface area contributed by atoms with Gasteiger partial charge in [0.05, 0.1) is 13.5 Å². The maximum absolute atomic E-state index is 11.6. The summed E-state index contributed by atoms with van der Waals surface area (Å²) >= 11 is 0. The lowest BCUT2D eigenvalue weighted by Gasteiger charge is -2.16. The Bertz CT molecular complexity index is 613. The number of esters is 1. The molecular weight excluding hydrogens is 272 g/mol. The highest BCUT2D eigenvalue weighted by atomic mass is 16.5. The Balaban J connectivity index is 2.31. The molecule has 21 heavy (non-hydrogen) atoms. The molecule has 0 aliphatic carbocycles. The molecule has 0 amide bonds. The predicted molar refractivity (Wildman–Crippen MR) is 77.1 cm³/mol. The monoisotopic (exact) mass is 290 g/mol. The Morgan fingerprint density at radius 3 is 2.76 bits per heavy atom. The molecule has 112 valence electrons.